The maximum Gasteiger partial charge on any atom is 0.261 e. The van der Waals surface area contributed by atoms with Crippen molar-refractivity contribution in [1.82, 2.24) is 9.55 Å². The van der Waals surface area contributed by atoms with Crippen molar-refractivity contribution in [2.24, 2.45) is 7.05 Å². The molecular weight excluding hydrogens is 391 g/mol. The molecule has 0 aliphatic carbocycles. The van der Waals surface area contributed by atoms with Crippen LogP contribution in [-0.4, -0.2) is 14.7 Å². The van der Waals surface area contributed by atoms with E-state index in [0.29, 0.717) is 16.7 Å². The number of phenolic OH excluding ortho intramolecular Hbond substituents is 1. The molecule has 0 spiro atoms. The summed E-state index contributed by atoms with van der Waals surface area (Å²) in [6, 6.07) is 12.5. The van der Waals surface area contributed by atoms with Crippen LogP contribution in [0.1, 0.15) is 11.4 Å². The Morgan fingerprint density at radius 1 is 1.14 bits per heavy atom. The number of fused-ring (bicyclic) bond motifs is 1. The average molecular weight is 404 g/mol. The molecule has 22 heavy (non-hydrogen) atoms. The van der Waals surface area contributed by atoms with Gasteiger partial charge >= 0.3 is 0 Å². The summed E-state index contributed by atoms with van der Waals surface area (Å²) in [5.41, 5.74) is 1.55. The van der Waals surface area contributed by atoms with E-state index in [9.17, 15) is 9.90 Å². The number of hydrogen-bond donors (Lipinski definition) is 1. The van der Waals surface area contributed by atoms with Crippen LogP contribution in [0.2, 0.25) is 0 Å². The van der Waals surface area contributed by atoms with Crippen LogP contribution < -0.4 is 5.56 Å². The zero-order chi connectivity index (χ0) is 15.7. The molecule has 0 aliphatic rings. The molecule has 1 N–H and O–H groups in total. The SMILES string of the molecule is Cn1c(C=Cc2ccc(O)cc2)nc2ccc(I)cc2c1=O. The number of aromatic hydroxyl groups is 1. The molecule has 0 saturated carbocycles. The monoisotopic (exact) mass is 404 g/mol. The molecule has 0 saturated heterocycles. The third kappa shape index (κ3) is 2.89. The van der Waals surface area contributed by atoms with Crippen molar-refractivity contribution in [2.45, 2.75) is 0 Å². The first-order valence-corrected chi connectivity index (χ1v) is 7.76. The summed E-state index contributed by atoms with van der Waals surface area (Å²) in [5.74, 6) is 0.815. The van der Waals surface area contributed by atoms with E-state index in [1.54, 1.807) is 37.4 Å². The Kier molecular flexibility index (Phi) is 3.98. The molecule has 0 aliphatic heterocycles. The smallest absolute Gasteiger partial charge is 0.261 e. The number of hydrogen-bond acceptors (Lipinski definition) is 3. The van der Waals surface area contributed by atoms with E-state index in [2.05, 4.69) is 27.6 Å². The molecule has 0 amide bonds. The minimum atomic E-state index is -0.0612. The van der Waals surface area contributed by atoms with Crippen molar-refractivity contribution < 1.29 is 5.11 Å². The minimum Gasteiger partial charge on any atom is -0.508 e. The molecule has 0 bridgehead atoms. The van der Waals surface area contributed by atoms with Gasteiger partial charge in [-0.1, -0.05) is 18.2 Å². The fourth-order valence-corrected chi connectivity index (χ4v) is 2.66. The van der Waals surface area contributed by atoms with Gasteiger partial charge in [-0.2, -0.15) is 0 Å². The van der Waals surface area contributed by atoms with Crippen LogP contribution in [0.15, 0.2) is 47.3 Å². The number of nitrogens with zero attached hydrogens (tertiary/aromatic N) is 2. The highest BCUT2D eigenvalue weighted by Gasteiger charge is 2.06. The van der Waals surface area contributed by atoms with Gasteiger partial charge in [-0.15, -0.1) is 0 Å². The Morgan fingerprint density at radius 2 is 1.86 bits per heavy atom. The van der Waals surface area contributed by atoms with E-state index in [-0.39, 0.29) is 11.3 Å². The van der Waals surface area contributed by atoms with Gasteiger partial charge in [-0.3, -0.25) is 9.36 Å². The molecule has 3 aromatic rings. The van der Waals surface area contributed by atoms with Crippen molar-refractivity contribution in [1.29, 1.82) is 0 Å². The molecule has 1 aromatic heterocycles. The summed E-state index contributed by atoms with van der Waals surface area (Å²) in [6.07, 6.45) is 3.66. The summed E-state index contributed by atoms with van der Waals surface area (Å²) in [6.45, 7) is 0. The normalized spacial score (nSPS) is 11.4. The zero-order valence-electron chi connectivity index (χ0n) is 11.8. The van der Waals surface area contributed by atoms with Crippen LogP contribution in [0.5, 0.6) is 5.75 Å². The molecule has 4 nitrogen and oxygen atoms in total. The van der Waals surface area contributed by atoms with Gasteiger partial charge in [0.1, 0.15) is 11.6 Å². The van der Waals surface area contributed by atoms with Crippen LogP contribution in [0.4, 0.5) is 0 Å². The summed E-state index contributed by atoms with van der Waals surface area (Å²) in [4.78, 5) is 16.9. The Hall–Kier alpha value is -2.15. The van der Waals surface area contributed by atoms with E-state index in [0.717, 1.165) is 9.13 Å². The number of phenols is 1. The number of rotatable bonds is 2. The van der Waals surface area contributed by atoms with Crippen molar-refractivity contribution in [3.63, 3.8) is 0 Å². The van der Waals surface area contributed by atoms with Gasteiger partial charge in [-0.25, -0.2) is 4.98 Å². The fraction of sp³-hybridized carbons (Fsp3) is 0.0588. The molecule has 5 heteroatoms. The predicted molar refractivity (Wildman–Crippen MR) is 96.7 cm³/mol. The first-order chi connectivity index (χ1) is 10.5. The van der Waals surface area contributed by atoms with E-state index in [4.69, 9.17) is 0 Å². The number of benzene rings is 2. The lowest BCUT2D eigenvalue weighted by molar-refractivity contribution is 0.475. The fourth-order valence-electron chi connectivity index (χ4n) is 2.17. The maximum atomic E-state index is 12.4. The highest BCUT2D eigenvalue weighted by atomic mass is 127. The largest absolute Gasteiger partial charge is 0.508 e. The minimum absolute atomic E-state index is 0.0612. The second-order valence-electron chi connectivity index (χ2n) is 4.92. The molecule has 0 unspecified atom stereocenters. The molecule has 1 heterocycles. The average Bonchev–Trinajstić information content (AvgIpc) is 2.52. The Morgan fingerprint density at radius 3 is 2.59 bits per heavy atom. The highest BCUT2D eigenvalue weighted by Crippen LogP contribution is 2.15. The van der Waals surface area contributed by atoms with Gasteiger partial charge in [0.2, 0.25) is 0 Å². The Balaban J connectivity index is 2.07. The molecule has 110 valence electrons. The van der Waals surface area contributed by atoms with Gasteiger partial charge in [-0.05, 0) is 64.6 Å². The standard InChI is InChI=1S/C17H13IN2O2/c1-20-16(9-4-11-2-6-13(21)7-3-11)19-15-8-5-12(18)10-14(15)17(20)22/h2-10,21H,1H3. The van der Waals surface area contributed by atoms with Crippen molar-refractivity contribution in [3.05, 3.63) is 67.8 Å². The summed E-state index contributed by atoms with van der Waals surface area (Å²) >= 11 is 2.18. The maximum absolute atomic E-state index is 12.4. The highest BCUT2D eigenvalue weighted by molar-refractivity contribution is 14.1. The van der Waals surface area contributed by atoms with Gasteiger partial charge in [0.05, 0.1) is 10.9 Å². The Labute approximate surface area is 140 Å². The van der Waals surface area contributed by atoms with Crippen molar-refractivity contribution in [3.8, 4) is 5.75 Å². The van der Waals surface area contributed by atoms with E-state index in [1.807, 2.05) is 24.3 Å². The molecule has 2 aromatic carbocycles. The van der Waals surface area contributed by atoms with E-state index < -0.39 is 0 Å². The molecular formula is C17H13IN2O2. The van der Waals surface area contributed by atoms with Gasteiger partial charge in [0, 0.05) is 10.6 Å². The third-order valence-corrected chi connectivity index (χ3v) is 4.06. The second kappa shape index (κ2) is 5.92. The lowest BCUT2D eigenvalue weighted by Crippen LogP contribution is -2.20. The van der Waals surface area contributed by atoms with E-state index >= 15 is 0 Å². The number of halogens is 1. The van der Waals surface area contributed by atoms with Gasteiger partial charge < -0.3 is 5.11 Å². The van der Waals surface area contributed by atoms with Crippen LogP contribution in [0.25, 0.3) is 23.1 Å². The summed E-state index contributed by atoms with van der Waals surface area (Å²) in [7, 11) is 1.71. The molecule has 0 radical (unpaired) electrons. The predicted octanol–water partition coefficient (Wildman–Crippen LogP) is 3.41. The quantitative estimate of drug-likeness (QED) is 0.667. The van der Waals surface area contributed by atoms with Crippen molar-refractivity contribution >= 4 is 45.6 Å². The molecule has 3 rings (SSSR count). The summed E-state index contributed by atoms with van der Waals surface area (Å²) in [5, 5.41) is 9.90. The van der Waals surface area contributed by atoms with Crippen LogP contribution in [0.3, 0.4) is 0 Å². The van der Waals surface area contributed by atoms with Gasteiger partial charge in [0.25, 0.3) is 5.56 Å². The van der Waals surface area contributed by atoms with Crippen LogP contribution >= 0.6 is 22.6 Å². The number of aromatic nitrogens is 2. The van der Waals surface area contributed by atoms with E-state index in [1.165, 1.54) is 4.57 Å². The van der Waals surface area contributed by atoms with Crippen LogP contribution in [-0.2, 0) is 7.05 Å². The first kappa shape index (κ1) is 14.8. The van der Waals surface area contributed by atoms with Crippen LogP contribution in [0, 0.1) is 3.57 Å². The topological polar surface area (TPSA) is 55.1 Å². The van der Waals surface area contributed by atoms with Crippen molar-refractivity contribution in [2.75, 3.05) is 0 Å². The van der Waals surface area contributed by atoms with Gasteiger partial charge in [0.15, 0.2) is 0 Å². The summed E-state index contributed by atoms with van der Waals surface area (Å²) < 4.78 is 2.55. The Bertz CT molecular complexity index is 928. The zero-order valence-corrected chi connectivity index (χ0v) is 14.0. The molecule has 0 fully saturated rings. The first-order valence-electron chi connectivity index (χ1n) is 6.68. The molecule has 0 atom stereocenters. The lowest BCUT2D eigenvalue weighted by Gasteiger charge is -2.06. The third-order valence-electron chi connectivity index (χ3n) is 3.39. The lowest BCUT2D eigenvalue weighted by atomic mass is 10.2. The second-order valence-corrected chi connectivity index (χ2v) is 6.17.